The lowest BCUT2D eigenvalue weighted by molar-refractivity contribution is 0.462. The van der Waals surface area contributed by atoms with Crippen molar-refractivity contribution in [2.24, 2.45) is 0 Å². The van der Waals surface area contributed by atoms with Crippen LogP contribution in [0.1, 0.15) is 6.92 Å². The Kier molecular flexibility index (Phi) is 2.39. The molecule has 0 spiro atoms. The van der Waals surface area contributed by atoms with E-state index in [1.165, 1.54) is 14.0 Å². The van der Waals surface area contributed by atoms with Crippen LogP contribution in [0.5, 0.6) is 0 Å². The molecular formula is C3H9NO3S. The SMILES string of the molecule is CNC(C)S(=O)(=O)O. The third-order valence-corrected chi connectivity index (χ3v) is 1.98. The Bertz CT molecular complexity index is 150. The molecule has 0 radical (unpaired) electrons. The zero-order chi connectivity index (χ0) is 6.78. The fraction of sp³-hybridized carbons (Fsp3) is 1.00. The topological polar surface area (TPSA) is 66.4 Å². The van der Waals surface area contributed by atoms with Crippen molar-refractivity contribution in [3.8, 4) is 0 Å². The third kappa shape index (κ3) is 2.25. The van der Waals surface area contributed by atoms with Crippen molar-refractivity contribution in [3.05, 3.63) is 0 Å². The van der Waals surface area contributed by atoms with Crippen molar-refractivity contribution < 1.29 is 13.0 Å². The average molecular weight is 139 g/mol. The Hall–Kier alpha value is -0.130. The Morgan fingerprint density at radius 3 is 2.00 bits per heavy atom. The minimum Gasteiger partial charge on any atom is -0.302 e. The molecule has 0 heterocycles. The van der Waals surface area contributed by atoms with E-state index in [0.717, 1.165) is 0 Å². The van der Waals surface area contributed by atoms with E-state index < -0.39 is 15.5 Å². The molecule has 0 fully saturated rings. The van der Waals surface area contributed by atoms with E-state index in [2.05, 4.69) is 5.32 Å². The molecule has 0 aromatic heterocycles. The largest absolute Gasteiger partial charge is 0.302 e. The minimum atomic E-state index is -3.86. The first kappa shape index (κ1) is 7.87. The van der Waals surface area contributed by atoms with Gasteiger partial charge in [-0.25, -0.2) is 0 Å². The predicted molar refractivity (Wildman–Crippen MR) is 30.1 cm³/mol. The van der Waals surface area contributed by atoms with Crippen LogP contribution in [0.3, 0.4) is 0 Å². The Morgan fingerprint density at radius 2 is 2.00 bits per heavy atom. The van der Waals surface area contributed by atoms with Crippen LogP contribution in [0.25, 0.3) is 0 Å². The van der Waals surface area contributed by atoms with Gasteiger partial charge in [0.2, 0.25) is 0 Å². The quantitative estimate of drug-likeness (QED) is 0.503. The van der Waals surface area contributed by atoms with Gasteiger partial charge in [-0.3, -0.25) is 4.55 Å². The van der Waals surface area contributed by atoms with Gasteiger partial charge in [0.05, 0.1) is 0 Å². The van der Waals surface area contributed by atoms with Crippen molar-refractivity contribution in [2.45, 2.75) is 12.3 Å². The Morgan fingerprint density at radius 1 is 1.62 bits per heavy atom. The van der Waals surface area contributed by atoms with E-state index in [-0.39, 0.29) is 0 Å². The van der Waals surface area contributed by atoms with Crippen LogP contribution in [0.2, 0.25) is 0 Å². The molecule has 5 heteroatoms. The van der Waals surface area contributed by atoms with E-state index in [4.69, 9.17) is 4.55 Å². The standard InChI is InChI=1S/C3H9NO3S/c1-3(4-2)8(5,6)7/h3-4H,1-2H3,(H,5,6,7). The van der Waals surface area contributed by atoms with Gasteiger partial charge in [-0.1, -0.05) is 0 Å². The van der Waals surface area contributed by atoms with Gasteiger partial charge >= 0.3 is 0 Å². The normalized spacial score (nSPS) is 15.9. The van der Waals surface area contributed by atoms with E-state index in [1.54, 1.807) is 0 Å². The summed E-state index contributed by atoms with van der Waals surface area (Å²) in [5.41, 5.74) is 0. The first-order valence-electron chi connectivity index (χ1n) is 2.12. The van der Waals surface area contributed by atoms with Crippen LogP contribution in [-0.2, 0) is 10.1 Å². The lowest BCUT2D eigenvalue weighted by Gasteiger charge is -2.03. The first-order valence-corrected chi connectivity index (χ1v) is 3.62. The van der Waals surface area contributed by atoms with Gasteiger partial charge in [-0.05, 0) is 14.0 Å². The van der Waals surface area contributed by atoms with Gasteiger partial charge in [-0.15, -0.1) is 0 Å². The summed E-state index contributed by atoms with van der Waals surface area (Å²) in [4.78, 5) is 0. The van der Waals surface area contributed by atoms with Crippen LogP contribution < -0.4 is 5.32 Å². The van der Waals surface area contributed by atoms with Gasteiger partial charge in [0.15, 0.2) is 0 Å². The maximum absolute atomic E-state index is 10.1. The fourth-order valence-electron chi connectivity index (χ4n) is 0.149. The molecule has 0 aliphatic carbocycles. The molecule has 1 unspecified atom stereocenters. The van der Waals surface area contributed by atoms with Gasteiger partial charge in [0.25, 0.3) is 10.1 Å². The second-order valence-electron chi connectivity index (χ2n) is 1.45. The zero-order valence-electron chi connectivity index (χ0n) is 4.75. The Labute approximate surface area is 48.6 Å². The summed E-state index contributed by atoms with van der Waals surface area (Å²) in [7, 11) is -2.41. The fourth-order valence-corrected chi connectivity index (χ4v) is 0.447. The van der Waals surface area contributed by atoms with Crippen LogP contribution >= 0.6 is 0 Å². The second kappa shape index (κ2) is 2.43. The van der Waals surface area contributed by atoms with E-state index in [0.29, 0.717) is 0 Å². The zero-order valence-corrected chi connectivity index (χ0v) is 5.57. The molecule has 8 heavy (non-hydrogen) atoms. The van der Waals surface area contributed by atoms with Crippen molar-refractivity contribution in [1.82, 2.24) is 5.32 Å². The van der Waals surface area contributed by atoms with E-state index >= 15 is 0 Å². The molecule has 0 aliphatic rings. The first-order chi connectivity index (χ1) is 3.48. The number of nitrogens with one attached hydrogen (secondary N) is 1. The van der Waals surface area contributed by atoms with E-state index in [9.17, 15) is 8.42 Å². The highest BCUT2D eigenvalue weighted by Gasteiger charge is 2.12. The molecular weight excluding hydrogens is 130 g/mol. The highest BCUT2D eigenvalue weighted by Crippen LogP contribution is 1.88. The number of hydrogen-bond acceptors (Lipinski definition) is 3. The van der Waals surface area contributed by atoms with Crippen LogP contribution in [0.15, 0.2) is 0 Å². The van der Waals surface area contributed by atoms with Gasteiger partial charge in [-0.2, -0.15) is 8.42 Å². The molecule has 0 saturated heterocycles. The third-order valence-electron chi connectivity index (χ3n) is 0.853. The molecule has 0 bridgehead atoms. The maximum atomic E-state index is 10.1. The second-order valence-corrected chi connectivity index (χ2v) is 3.18. The highest BCUT2D eigenvalue weighted by atomic mass is 32.2. The summed E-state index contributed by atoms with van der Waals surface area (Å²) in [5.74, 6) is 0. The highest BCUT2D eigenvalue weighted by molar-refractivity contribution is 7.86. The van der Waals surface area contributed by atoms with Crippen molar-refractivity contribution in [3.63, 3.8) is 0 Å². The number of rotatable bonds is 2. The monoisotopic (exact) mass is 139 g/mol. The van der Waals surface area contributed by atoms with Crippen molar-refractivity contribution >= 4 is 10.1 Å². The summed E-state index contributed by atoms with van der Waals surface area (Å²) in [6, 6.07) is 0. The summed E-state index contributed by atoms with van der Waals surface area (Å²) in [6.45, 7) is 1.36. The number of hydrogen-bond donors (Lipinski definition) is 2. The molecule has 0 rings (SSSR count). The Balaban J connectivity index is 4.04. The smallest absolute Gasteiger partial charge is 0.280 e. The molecule has 50 valence electrons. The van der Waals surface area contributed by atoms with Crippen LogP contribution in [0.4, 0.5) is 0 Å². The molecule has 0 saturated carbocycles. The van der Waals surface area contributed by atoms with Gasteiger partial charge in [0, 0.05) is 0 Å². The maximum Gasteiger partial charge on any atom is 0.280 e. The summed E-state index contributed by atoms with van der Waals surface area (Å²) < 4.78 is 28.3. The molecule has 2 N–H and O–H groups in total. The summed E-state index contributed by atoms with van der Waals surface area (Å²) in [6.07, 6.45) is 0. The molecule has 1 atom stereocenters. The lowest BCUT2D eigenvalue weighted by Crippen LogP contribution is -2.29. The van der Waals surface area contributed by atoms with E-state index in [1.807, 2.05) is 0 Å². The average Bonchev–Trinajstić information content (AvgIpc) is 1.62. The van der Waals surface area contributed by atoms with Crippen LogP contribution in [0, 0.1) is 0 Å². The van der Waals surface area contributed by atoms with Crippen molar-refractivity contribution in [1.29, 1.82) is 0 Å². The van der Waals surface area contributed by atoms with Gasteiger partial charge in [0.1, 0.15) is 5.37 Å². The summed E-state index contributed by atoms with van der Waals surface area (Å²) >= 11 is 0. The summed E-state index contributed by atoms with van der Waals surface area (Å²) in [5, 5.41) is 1.49. The molecule has 4 nitrogen and oxygen atoms in total. The molecule has 0 amide bonds. The predicted octanol–water partition coefficient (Wildman–Crippen LogP) is -0.560. The molecule has 0 aromatic carbocycles. The van der Waals surface area contributed by atoms with Crippen LogP contribution in [-0.4, -0.2) is 25.4 Å². The van der Waals surface area contributed by atoms with Crippen molar-refractivity contribution in [2.75, 3.05) is 7.05 Å². The lowest BCUT2D eigenvalue weighted by atomic mass is 10.8. The molecule has 0 aliphatic heterocycles. The molecule has 0 aromatic rings. The minimum absolute atomic E-state index is 0.873. The van der Waals surface area contributed by atoms with Gasteiger partial charge < -0.3 is 5.32 Å².